The molecule has 25 heavy (non-hydrogen) atoms. The Morgan fingerprint density at radius 2 is 1.76 bits per heavy atom. The maximum absolute atomic E-state index is 12.5. The second kappa shape index (κ2) is 7.73. The van der Waals surface area contributed by atoms with Gasteiger partial charge in [-0.15, -0.1) is 5.10 Å². The molecule has 1 saturated heterocycles. The summed E-state index contributed by atoms with van der Waals surface area (Å²) < 4.78 is 6.68. The normalized spacial score (nSPS) is 14.4. The van der Waals surface area contributed by atoms with Crippen molar-refractivity contribution in [3.63, 3.8) is 0 Å². The monoisotopic (exact) mass is 344 g/mol. The van der Waals surface area contributed by atoms with Crippen LogP contribution in [-0.2, 0) is 22.6 Å². The number of tetrazole rings is 1. The van der Waals surface area contributed by atoms with Crippen molar-refractivity contribution in [1.82, 2.24) is 30.0 Å². The topological polar surface area (TPSA) is 93.5 Å². The summed E-state index contributed by atoms with van der Waals surface area (Å²) in [5, 5.41) is 10.7. The van der Waals surface area contributed by atoms with Crippen molar-refractivity contribution in [2.45, 2.75) is 13.0 Å². The molecule has 1 fully saturated rings. The molecule has 1 aromatic heterocycles. The van der Waals surface area contributed by atoms with Gasteiger partial charge in [0.2, 0.25) is 11.8 Å². The zero-order chi connectivity index (χ0) is 17.6. The molecule has 0 bridgehead atoms. The predicted molar refractivity (Wildman–Crippen MR) is 87.7 cm³/mol. The zero-order valence-corrected chi connectivity index (χ0v) is 14.0. The number of methoxy groups -OCH3 is 1. The summed E-state index contributed by atoms with van der Waals surface area (Å²) >= 11 is 0. The number of aromatic nitrogens is 4. The average molecular weight is 344 g/mol. The lowest BCUT2D eigenvalue weighted by Gasteiger charge is -2.34. The molecule has 1 aliphatic heterocycles. The number of carbonyl (C=O) groups is 2. The maximum Gasteiger partial charge on any atom is 0.244 e. The first-order valence-electron chi connectivity index (χ1n) is 8.05. The smallest absolute Gasteiger partial charge is 0.244 e. The second-order valence-electron chi connectivity index (χ2n) is 5.76. The van der Waals surface area contributed by atoms with Gasteiger partial charge in [-0.1, -0.05) is 18.2 Å². The van der Waals surface area contributed by atoms with Gasteiger partial charge in [-0.25, -0.2) is 4.68 Å². The minimum Gasteiger partial charge on any atom is -0.496 e. The molecular weight excluding hydrogens is 324 g/mol. The van der Waals surface area contributed by atoms with Crippen LogP contribution in [0.25, 0.3) is 0 Å². The first kappa shape index (κ1) is 16.9. The van der Waals surface area contributed by atoms with E-state index in [0.717, 1.165) is 5.56 Å². The number of rotatable bonds is 5. The summed E-state index contributed by atoms with van der Waals surface area (Å²) in [5.41, 5.74) is 0.868. The highest BCUT2D eigenvalue weighted by Crippen LogP contribution is 2.19. The third kappa shape index (κ3) is 4.11. The lowest BCUT2D eigenvalue weighted by molar-refractivity contribution is -0.139. The SMILES string of the molecule is COc1ccccc1CC(=O)N1CCN(C(=O)Cn2cnnn2)CC1. The first-order chi connectivity index (χ1) is 12.2. The number of amides is 2. The fraction of sp³-hybridized carbons (Fsp3) is 0.438. The van der Waals surface area contributed by atoms with E-state index in [1.807, 2.05) is 24.3 Å². The van der Waals surface area contributed by atoms with E-state index in [4.69, 9.17) is 4.74 Å². The Hall–Kier alpha value is -2.97. The summed E-state index contributed by atoms with van der Waals surface area (Å²) in [5.74, 6) is 0.701. The molecule has 3 rings (SSSR count). The van der Waals surface area contributed by atoms with Gasteiger partial charge in [0.25, 0.3) is 0 Å². The first-order valence-corrected chi connectivity index (χ1v) is 8.05. The standard InChI is InChI=1S/C16H20N6O3/c1-25-14-5-3-2-4-13(14)10-15(23)20-6-8-21(9-7-20)16(24)11-22-12-17-18-19-22/h2-5,12H,6-11H2,1H3. The molecule has 2 aromatic rings. The molecule has 0 N–H and O–H groups in total. The molecule has 0 radical (unpaired) electrons. The summed E-state index contributed by atoms with van der Waals surface area (Å²) in [6.45, 7) is 2.18. The molecule has 9 nitrogen and oxygen atoms in total. The number of piperazine rings is 1. The highest BCUT2D eigenvalue weighted by molar-refractivity contribution is 5.80. The van der Waals surface area contributed by atoms with Crippen molar-refractivity contribution in [3.05, 3.63) is 36.2 Å². The molecule has 2 heterocycles. The van der Waals surface area contributed by atoms with E-state index in [0.29, 0.717) is 38.3 Å². The van der Waals surface area contributed by atoms with Crippen molar-refractivity contribution in [2.24, 2.45) is 0 Å². The van der Waals surface area contributed by atoms with Crippen LogP contribution in [0, 0.1) is 0 Å². The molecule has 132 valence electrons. The Bertz CT molecular complexity index is 725. The van der Waals surface area contributed by atoms with E-state index < -0.39 is 0 Å². The number of ether oxygens (including phenoxy) is 1. The van der Waals surface area contributed by atoms with Gasteiger partial charge in [0, 0.05) is 31.7 Å². The number of benzene rings is 1. The van der Waals surface area contributed by atoms with Crippen LogP contribution in [0.15, 0.2) is 30.6 Å². The molecule has 1 aromatic carbocycles. The van der Waals surface area contributed by atoms with Gasteiger partial charge in [-0.3, -0.25) is 9.59 Å². The summed E-state index contributed by atoms with van der Waals surface area (Å²) in [7, 11) is 1.60. The Morgan fingerprint density at radius 3 is 2.40 bits per heavy atom. The Morgan fingerprint density at radius 1 is 1.08 bits per heavy atom. The van der Waals surface area contributed by atoms with Crippen LogP contribution in [0.4, 0.5) is 0 Å². The van der Waals surface area contributed by atoms with Gasteiger partial charge in [0.15, 0.2) is 0 Å². The van der Waals surface area contributed by atoms with E-state index in [9.17, 15) is 9.59 Å². The number of hydrogen-bond donors (Lipinski definition) is 0. The summed E-state index contributed by atoms with van der Waals surface area (Å²) in [4.78, 5) is 28.2. The molecule has 0 saturated carbocycles. The minimum atomic E-state index is -0.0517. The summed E-state index contributed by atoms with van der Waals surface area (Å²) in [6.07, 6.45) is 1.70. The summed E-state index contributed by atoms with van der Waals surface area (Å²) in [6, 6.07) is 7.50. The Kier molecular flexibility index (Phi) is 5.22. The van der Waals surface area contributed by atoms with Gasteiger partial charge < -0.3 is 14.5 Å². The lowest BCUT2D eigenvalue weighted by Crippen LogP contribution is -2.51. The van der Waals surface area contributed by atoms with Gasteiger partial charge in [-0.2, -0.15) is 0 Å². The average Bonchev–Trinajstić information content (AvgIpc) is 3.15. The van der Waals surface area contributed by atoms with Crippen molar-refractivity contribution in [3.8, 4) is 5.75 Å². The Labute approximate surface area is 145 Å². The lowest BCUT2D eigenvalue weighted by atomic mass is 10.1. The number of hydrogen-bond acceptors (Lipinski definition) is 6. The van der Waals surface area contributed by atoms with Crippen LogP contribution in [0.1, 0.15) is 5.56 Å². The Balaban J connectivity index is 1.51. The highest BCUT2D eigenvalue weighted by atomic mass is 16.5. The second-order valence-corrected chi connectivity index (χ2v) is 5.76. The molecule has 0 atom stereocenters. The molecule has 2 amide bonds. The van der Waals surface area contributed by atoms with E-state index in [2.05, 4.69) is 15.5 Å². The van der Waals surface area contributed by atoms with Crippen molar-refractivity contribution >= 4 is 11.8 Å². The minimum absolute atomic E-state index is 0.0390. The third-order valence-corrected chi connectivity index (χ3v) is 4.21. The van der Waals surface area contributed by atoms with Gasteiger partial charge in [0.05, 0.1) is 13.5 Å². The van der Waals surface area contributed by atoms with Crippen LogP contribution >= 0.6 is 0 Å². The molecule has 1 aliphatic rings. The molecular formula is C16H20N6O3. The third-order valence-electron chi connectivity index (χ3n) is 4.21. The zero-order valence-electron chi connectivity index (χ0n) is 14.0. The maximum atomic E-state index is 12.5. The quantitative estimate of drug-likeness (QED) is 0.732. The van der Waals surface area contributed by atoms with Crippen molar-refractivity contribution < 1.29 is 14.3 Å². The van der Waals surface area contributed by atoms with Crippen LogP contribution in [-0.4, -0.2) is 75.1 Å². The largest absolute Gasteiger partial charge is 0.496 e. The van der Waals surface area contributed by atoms with Gasteiger partial charge in [0.1, 0.15) is 18.6 Å². The van der Waals surface area contributed by atoms with Crippen molar-refractivity contribution in [2.75, 3.05) is 33.3 Å². The highest BCUT2D eigenvalue weighted by Gasteiger charge is 2.24. The molecule has 0 unspecified atom stereocenters. The number of nitrogens with zero attached hydrogens (tertiary/aromatic N) is 6. The van der Waals surface area contributed by atoms with Crippen molar-refractivity contribution in [1.29, 1.82) is 0 Å². The van der Waals surface area contributed by atoms with Crippen LogP contribution in [0.5, 0.6) is 5.75 Å². The molecule has 0 spiro atoms. The number of carbonyl (C=O) groups excluding carboxylic acids is 2. The van der Waals surface area contributed by atoms with E-state index in [1.54, 1.807) is 16.9 Å². The van der Waals surface area contributed by atoms with Gasteiger partial charge in [-0.05, 0) is 16.5 Å². The van der Waals surface area contributed by atoms with Gasteiger partial charge >= 0.3 is 0 Å². The van der Waals surface area contributed by atoms with E-state index in [-0.39, 0.29) is 18.4 Å². The van der Waals surface area contributed by atoms with Crippen LogP contribution < -0.4 is 4.74 Å². The fourth-order valence-corrected chi connectivity index (χ4v) is 2.82. The molecule has 0 aliphatic carbocycles. The van der Waals surface area contributed by atoms with E-state index in [1.165, 1.54) is 11.0 Å². The predicted octanol–water partition coefficient (Wildman–Crippen LogP) is -0.405. The van der Waals surface area contributed by atoms with E-state index >= 15 is 0 Å². The van der Waals surface area contributed by atoms with Crippen LogP contribution in [0.2, 0.25) is 0 Å². The number of para-hydroxylation sites is 1. The van der Waals surface area contributed by atoms with Crippen LogP contribution in [0.3, 0.4) is 0 Å². The fourth-order valence-electron chi connectivity index (χ4n) is 2.82. The molecule has 9 heteroatoms.